The number of ether oxygens (including phenoxy) is 1. The Morgan fingerprint density at radius 2 is 1.96 bits per heavy atom. The summed E-state index contributed by atoms with van der Waals surface area (Å²) in [5, 5.41) is 3.90. The van der Waals surface area contributed by atoms with Crippen molar-refractivity contribution in [2.45, 2.75) is 25.3 Å². The summed E-state index contributed by atoms with van der Waals surface area (Å²) >= 11 is 0. The van der Waals surface area contributed by atoms with Gasteiger partial charge in [0.1, 0.15) is 17.3 Å². The van der Waals surface area contributed by atoms with Crippen LogP contribution in [0.2, 0.25) is 0 Å². The van der Waals surface area contributed by atoms with Crippen LogP contribution in [0.4, 0.5) is 0 Å². The highest BCUT2D eigenvalue weighted by Gasteiger charge is 2.16. The molecule has 25 heavy (non-hydrogen) atoms. The summed E-state index contributed by atoms with van der Waals surface area (Å²) < 4.78 is 34.5. The molecule has 0 aliphatic rings. The van der Waals surface area contributed by atoms with Crippen molar-refractivity contribution < 1.29 is 13.2 Å². The van der Waals surface area contributed by atoms with Crippen LogP contribution in [0.5, 0.6) is 5.75 Å². The lowest BCUT2D eigenvalue weighted by Crippen LogP contribution is -2.28. The second kappa shape index (κ2) is 8.98. The van der Waals surface area contributed by atoms with Gasteiger partial charge in [0.15, 0.2) is 0 Å². The average Bonchev–Trinajstić information content (AvgIpc) is 3.05. The second-order valence-electron chi connectivity index (χ2n) is 5.66. The van der Waals surface area contributed by atoms with Gasteiger partial charge in [-0.15, -0.1) is 0 Å². The summed E-state index contributed by atoms with van der Waals surface area (Å²) in [6, 6.07) is 7.46. The van der Waals surface area contributed by atoms with Gasteiger partial charge in [0.05, 0.1) is 6.20 Å². The van der Waals surface area contributed by atoms with Gasteiger partial charge in [-0.1, -0.05) is 32.0 Å². The van der Waals surface area contributed by atoms with E-state index in [2.05, 4.69) is 28.6 Å². The van der Waals surface area contributed by atoms with Gasteiger partial charge in [-0.3, -0.25) is 4.68 Å². The van der Waals surface area contributed by atoms with Crippen molar-refractivity contribution in [1.82, 2.24) is 19.4 Å². The molecule has 0 amide bonds. The van der Waals surface area contributed by atoms with Crippen LogP contribution in [0.3, 0.4) is 0 Å². The van der Waals surface area contributed by atoms with Crippen molar-refractivity contribution in [3.8, 4) is 5.75 Å². The Morgan fingerprint density at radius 1 is 1.24 bits per heavy atom. The van der Waals surface area contributed by atoms with Crippen LogP contribution in [-0.2, 0) is 23.6 Å². The first-order valence-electron chi connectivity index (χ1n) is 8.37. The van der Waals surface area contributed by atoms with Gasteiger partial charge in [0.2, 0.25) is 10.0 Å². The molecule has 1 aromatic heterocycles. The van der Waals surface area contributed by atoms with Crippen LogP contribution in [0.15, 0.2) is 41.6 Å². The standard InChI is InChI=1S/C17H26N4O3S/c1-4-21(5-2)10-11-24-17-9-7-6-8-15(17)12-19-25(22,23)16-13-18-20(3)14-16/h6-9,13-14,19H,4-5,10-12H2,1-3H3. The third-order valence-electron chi connectivity index (χ3n) is 3.98. The third kappa shape index (κ3) is 5.55. The normalized spacial score (nSPS) is 11.8. The molecule has 0 aliphatic carbocycles. The van der Waals surface area contributed by atoms with E-state index in [-0.39, 0.29) is 11.4 Å². The molecule has 1 N–H and O–H groups in total. The minimum Gasteiger partial charge on any atom is -0.492 e. The van der Waals surface area contributed by atoms with Gasteiger partial charge in [-0.2, -0.15) is 5.10 Å². The lowest BCUT2D eigenvalue weighted by Gasteiger charge is -2.19. The minimum absolute atomic E-state index is 0.148. The van der Waals surface area contributed by atoms with E-state index in [1.165, 1.54) is 17.1 Å². The Bertz CT molecular complexity index is 770. The number of hydrogen-bond acceptors (Lipinski definition) is 5. The van der Waals surface area contributed by atoms with E-state index in [4.69, 9.17) is 4.74 Å². The molecule has 0 saturated carbocycles. The quantitative estimate of drug-likeness (QED) is 0.691. The van der Waals surface area contributed by atoms with Crippen LogP contribution in [0.1, 0.15) is 19.4 Å². The predicted octanol–water partition coefficient (Wildman–Crippen LogP) is 1.62. The Hall–Kier alpha value is -1.90. The fourth-order valence-electron chi connectivity index (χ4n) is 2.41. The zero-order chi connectivity index (χ0) is 18.3. The number of nitrogens with one attached hydrogen (secondary N) is 1. The van der Waals surface area contributed by atoms with E-state index in [0.29, 0.717) is 12.4 Å². The van der Waals surface area contributed by atoms with E-state index < -0.39 is 10.0 Å². The molecule has 0 saturated heterocycles. The molecule has 0 atom stereocenters. The number of likely N-dealkylation sites (N-methyl/N-ethyl adjacent to an activating group) is 1. The smallest absolute Gasteiger partial charge is 0.243 e. The van der Waals surface area contributed by atoms with Crippen molar-refractivity contribution in [2.75, 3.05) is 26.2 Å². The summed E-state index contributed by atoms with van der Waals surface area (Å²) in [5.74, 6) is 0.698. The topological polar surface area (TPSA) is 76.5 Å². The number of benzene rings is 1. The third-order valence-corrected chi connectivity index (χ3v) is 5.33. The van der Waals surface area contributed by atoms with E-state index in [0.717, 1.165) is 25.2 Å². The molecule has 0 unspecified atom stereocenters. The van der Waals surface area contributed by atoms with Gasteiger partial charge in [0, 0.05) is 31.9 Å². The molecule has 0 spiro atoms. The molecule has 7 nitrogen and oxygen atoms in total. The molecule has 2 aromatic rings. The Balaban J connectivity index is 1.98. The Labute approximate surface area is 149 Å². The van der Waals surface area contributed by atoms with Crippen molar-refractivity contribution >= 4 is 10.0 Å². The highest BCUT2D eigenvalue weighted by molar-refractivity contribution is 7.89. The lowest BCUT2D eigenvalue weighted by molar-refractivity contribution is 0.221. The van der Waals surface area contributed by atoms with Crippen molar-refractivity contribution in [1.29, 1.82) is 0 Å². The fraction of sp³-hybridized carbons (Fsp3) is 0.471. The molecule has 2 rings (SSSR count). The molecule has 8 heteroatoms. The van der Waals surface area contributed by atoms with Crippen LogP contribution in [0, 0.1) is 0 Å². The van der Waals surface area contributed by atoms with Crippen molar-refractivity contribution in [3.05, 3.63) is 42.2 Å². The molecule has 0 radical (unpaired) electrons. The monoisotopic (exact) mass is 366 g/mol. The number of aromatic nitrogens is 2. The number of rotatable bonds is 10. The molecule has 0 fully saturated rings. The zero-order valence-electron chi connectivity index (χ0n) is 15.0. The highest BCUT2D eigenvalue weighted by Crippen LogP contribution is 2.18. The van der Waals surface area contributed by atoms with E-state index in [1.54, 1.807) is 7.05 Å². The predicted molar refractivity (Wildman–Crippen MR) is 97.0 cm³/mol. The molecular weight excluding hydrogens is 340 g/mol. The van der Waals surface area contributed by atoms with Crippen molar-refractivity contribution in [3.63, 3.8) is 0 Å². The van der Waals surface area contributed by atoms with E-state index in [1.807, 2.05) is 24.3 Å². The first-order valence-corrected chi connectivity index (χ1v) is 9.86. The lowest BCUT2D eigenvalue weighted by atomic mass is 10.2. The summed E-state index contributed by atoms with van der Waals surface area (Å²) in [4.78, 5) is 2.42. The van der Waals surface area contributed by atoms with Crippen LogP contribution in [0.25, 0.3) is 0 Å². The number of nitrogens with zero attached hydrogens (tertiary/aromatic N) is 3. The summed E-state index contributed by atoms with van der Waals surface area (Å²) in [5.41, 5.74) is 0.800. The SMILES string of the molecule is CCN(CC)CCOc1ccccc1CNS(=O)(=O)c1cnn(C)c1. The van der Waals surface area contributed by atoms with Gasteiger partial charge < -0.3 is 9.64 Å². The first-order chi connectivity index (χ1) is 12.0. The zero-order valence-corrected chi connectivity index (χ0v) is 15.8. The summed E-state index contributed by atoms with van der Waals surface area (Å²) in [6.07, 6.45) is 2.80. The molecule has 1 aromatic carbocycles. The van der Waals surface area contributed by atoms with Crippen LogP contribution >= 0.6 is 0 Å². The fourth-order valence-corrected chi connectivity index (χ4v) is 3.40. The minimum atomic E-state index is -3.59. The van der Waals surface area contributed by atoms with Crippen LogP contribution < -0.4 is 9.46 Å². The van der Waals surface area contributed by atoms with E-state index >= 15 is 0 Å². The summed E-state index contributed by atoms with van der Waals surface area (Å²) in [7, 11) is -1.91. The van der Waals surface area contributed by atoms with Gasteiger partial charge in [0.25, 0.3) is 0 Å². The maximum Gasteiger partial charge on any atom is 0.243 e. The average molecular weight is 366 g/mol. The molecule has 0 bridgehead atoms. The maximum atomic E-state index is 12.3. The van der Waals surface area contributed by atoms with Gasteiger partial charge >= 0.3 is 0 Å². The number of hydrogen-bond donors (Lipinski definition) is 1. The number of aryl methyl sites for hydroxylation is 1. The molecule has 138 valence electrons. The highest BCUT2D eigenvalue weighted by atomic mass is 32.2. The maximum absolute atomic E-state index is 12.3. The molecule has 1 heterocycles. The van der Waals surface area contributed by atoms with Gasteiger partial charge in [-0.05, 0) is 19.2 Å². The summed E-state index contributed by atoms with van der Waals surface area (Å²) in [6.45, 7) is 7.75. The molecule has 0 aliphatic heterocycles. The Morgan fingerprint density at radius 3 is 2.60 bits per heavy atom. The van der Waals surface area contributed by atoms with Crippen LogP contribution in [-0.4, -0.2) is 49.3 Å². The van der Waals surface area contributed by atoms with Gasteiger partial charge in [-0.25, -0.2) is 13.1 Å². The second-order valence-corrected chi connectivity index (χ2v) is 7.42. The number of para-hydroxylation sites is 1. The first kappa shape index (κ1) is 19.4. The molecular formula is C17H26N4O3S. The van der Waals surface area contributed by atoms with E-state index in [9.17, 15) is 8.42 Å². The Kier molecular flexibility index (Phi) is 6.98. The largest absolute Gasteiger partial charge is 0.492 e. The van der Waals surface area contributed by atoms with Crippen molar-refractivity contribution in [2.24, 2.45) is 7.05 Å². The number of sulfonamides is 1.